The number of hydrogen-bond donors (Lipinski definition) is 2. The van der Waals surface area contributed by atoms with E-state index in [-0.39, 0.29) is 17.3 Å². The smallest absolute Gasteiger partial charge is 0.337 e. The number of hydrogen-bond acceptors (Lipinski definition) is 3. The zero-order chi connectivity index (χ0) is 15.6. The molecule has 21 heavy (non-hydrogen) atoms. The number of amides is 2. The Kier molecular flexibility index (Phi) is 4.39. The van der Waals surface area contributed by atoms with Crippen LogP contribution in [0.5, 0.6) is 0 Å². The second-order valence-corrected chi connectivity index (χ2v) is 5.89. The van der Waals surface area contributed by atoms with Crippen molar-refractivity contribution in [2.75, 3.05) is 25.0 Å². The second kappa shape index (κ2) is 5.91. The monoisotopic (exact) mass is 312 g/mol. The average molecular weight is 313 g/mol. The molecule has 2 amide bonds. The number of anilines is 1. The lowest BCUT2D eigenvalue weighted by Gasteiger charge is -2.38. The molecule has 0 unspecified atom stereocenters. The Morgan fingerprint density at radius 2 is 2.14 bits per heavy atom. The number of ether oxygens (including phenoxy) is 1. The maximum Gasteiger partial charge on any atom is 0.337 e. The minimum absolute atomic E-state index is 0.000250. The van der Waals surface area contributed by atoms with E-state index in [1.54, 1.807) is 4.90 Å². The first-order chi connectivity index (χ1) is 9.78. The van der Waals surface area contributed by atoms with Crippen molar-refractivity contribution in [3.05, 3.63) is 28.8 Å². The Labute approximate surface area is 127 Å². The summed E-state index contributed by atoms with van der Waals surface area (Å²) in [7, 11) is 0. The maximum absolute atomic E-state index is 12.3. The van der Waals surface area contributed by atoms with Crippen LogP contribution in [0.3, 0.4) is 0 Å². The number of urea groups is 1. The van der Waals surface area contributed by atoms with Gasteiger partial charge in [-0.15, -0.1) is 0 Å². The van der Waals surface area contributed by atoms with Gasteiger partial charge in [0.25, 0.3) is 0 Å². The van der Waals surface area contributed by atoms with E-state index in [1.807, 2.05) is 13.8 Å². The molecule has 2 rings (SSSR count). The summed E-state index contributed by atoms with van der Waals surface area (Å²) in [5, 5.41) is 12.1. The molecule has 0 aliphatic carbocycles. The van der Waals surface area contributed by atoms with E-state index in [0.717, 1.165) is 0 Å². The zero-order valence-electron chi connectivity index (χ0n) is 11.9. The first-order valence-electron chi connectivity index (χ1n) is 6.51. The van der Waals surface area contributed by atoms with E-state index in [2.05, 4.69) is 5.32 Å². The number of carboxylic acid groups (broad SMARTS) is 1. The van der Waals surface area contributed by atoms with Crippen molar-refractivity contribution in [1.82, 2.24) is 4.90 Å². The van der Waals surface area contributed by atoms with Crippen molar-refractivity contribution < 1.29 is 19.4 Å². The van der Waals surface area contributed by atoms with Gasteiger partial charge < -0.3 is 20.1 Å². The standard InChI is InChI=1S/C14H17ClN2O4/c1-14(2)8-17(5-6-21-14)13(20)16-11-7-9(15)3-4-10(11)12(18)19/h3-4,7H,5-6,8H2,1-2H3,(H,16,20)(H,18,19). The fraction of sp³-hybridized carbons (Fsp3) is 0.429. The molecular weight excluding hydrogens is 296 g/mol. The summed E-state index contributed by atoms with van der Waals surface area (Å²) in [5.74, 6) is -1.12. The van der Waals surface area contributed by atoms with Crippen LogP contribution in [0, 0.1) is 0 Å². The Morgan fingerprint density at radius 1 is 1.43 bits per heavy atom. The number of nitrogens with zero attached hydrogens (tertiary/aromatic N) is 1. The number of halogens is 1. The molecule has 2 N–H and O–H groups in total. The summed E-state index contributed by atoms with van der Waals surface area (Å²) < 4.78 is 5.54. The van der Waals surface area contributed by atoms with Crippen molar-refractivity contribution in [1.29, 1.82) is 0 Å². The largest absolute Gasteiger partial charge is 0.478 e. The summed E-state index contributed by atoms with van der Waals surface area (Å²) in [6.45, 7) is 5.13. The third kappa shape index (κ3) is 3.86. The Balaban J connectivity index is 2.16. The van der Waals surface area contributed by atoms with Crippen molar-refractivity contribution in [2.45, 2.75) is 19.4 Å². The Bertz CT molecular complexity index is 574. The molecule has 6 nitrogen and oxygen atoms in total. The third-order valence-corrected chi connectivity index (χ3v) is 3.40. The molecule has 1 saturated heterocycles. The first kappa shape index (κ1) is 15.6. The minimum Gasteiger partial charge on any atom is -0.478 e. The summed E-state index contributed by atoms with van der Waals surface area (Å²) >= 11 is 5.86. The van der Waals surface area contributed by atoms with Gasteiger partial charge in [-0.2, -0.15) is 0 Å². The van der Waals surface area contributed by atoms with Crippen molar-refractivity contribution >= 4 is 29.3 Å². The number of carbonyl (C=O) groups excluding carboxylic acids is 1. The number of morpholine rings is 1. The van der Waals surface area contributed by atoms with Crippen LogP contribution in [0.25, 0.3) is 0 Å². The zero-order valence-corrected chi connectivity index (χ0v) is 12.6. The quantitative estimate of drug-likeness (QED) is 0.880. The van der Waals surface area contributed by atoms with Crippen LogP contribution in [0.15, 0.2) is 18.2 Å². The molecule has 1 aliphatic rings. The predicted octanol–water partition coefficient (Wildman–Crippen LogP) is 2.68. The molecule has 0 aromatic heterocycles. The van der Waals surface area contributed by atoms with Crippen LogP contribution in [-0.4, -0.2) is 47.3 Å². The SMILES string of the molecule is CC1(C)CN(C(=O)Nc2cc(Cl)ccc2C(=O)O)CCO1. The molecule has 0 radical (unpaired) electrons. The van der Waals surface area contributed by atoms with E-state index < -0.39 is 11.6 Å². The van der Waals surface area contributed by atoms with Crippen LogP contribution < -0.4 is 5.32 Å². The van der Waals surface area contributed by atoms with Gasteiger partial charge in [0.15, 0.2) is 0 Å². The highest BCUT2D eigenvalue weighted by atomic mass is 35.5. The van der Waals surface area contributed by atoms with Gasteiger partial charge in [-0.25, -0.2) is 9.59 Å². The van der Waals surface area contributed by atoms with Gasteiger partial charge in [0.1, 0.15) is 0 Å². The summed E-state index contributed by atoms with van der Waals surface area (Å²) in [6.07, 6.45) is 0. The van der Waals surface area contributed by atoms with Gasteiger partial charge in [-0.05, 0) is 32.0 Å². The number of carboxylic acids is 1. The molecule has 0 bridgehead atoms. The summed E-state index contributed by atoms with van der Waals surface area (Å²) in [6, 6.07) is 3.90. The number of rotatable bonds is 2. The minimum atomic E-state index is -1.12. The van der Waals surface area contributed by atoms with Gasteiger partial charge in [0.2, 0.25) is 0 Å². The van der Waals surface area contributed by atoms with E-state index in [9.17, 15) is 9.59 Å². The van der Waals surface area contributed by atoms with Crippen LogP contribution >= 0.6 is 11.6 Å². The average Bonchev–Trinajstić information content (AvgIpc) is 2.37. The molecule has 1 fully saturated rings. The fourth-order valence-corrected chi connectivity index (χ4v) is 2.36. The Hall–Kier alpha value is -1.79. The second-order valence-electron chi connectivity index (χ2n) is 5.45. The first-order valence-corrected chi connectivity index (χ1v) is 6.89. The highest BCUT2D eigenvalue weighted by molar-refractivity contribution is 6.31. The summed E-state index contributed by atoms with van der Waals surface area (Å²) in [4.78, 5) is 25.0. The van der Waals surface area contributed by atoms with Crippen molar-refractivity contribution in [3.8, 4) is 0 Å². The van der Waals surface area contributed by atoms with Gasteiger partial charge in [0.05, 0.1) is 30.0 Å². The van der Waals surface area contributed by atoms with Crippen molar-refractivity contribution in [3.63, 3.8) is 0 Å². The van der Waals surface area contributed by atoms with Gasteiger partial charge >= 0.3 is 12.0 Å². The highest BCUT2D eigenvalue weighted by Gasteiger charge is 2.30. The van der Waals surface area contributed by atoms with Crippen LogP contribution in [0.4, 0.5) is 10.5 Å². The van der Waals surface area contributed by atoms with Crippen LogP contribution in [0.2, 0.25) is 5.02 Å². The van der Waals surface area contributed by atoms with E-state index in [1.165, 1.54) is 18.2 Å². The van der Waals surface area contributed by atoms with E-state index >= 15 is 0 Å². The number of aromatic carboxylic acids is 1. The van der Waals surface area contributed by atoms with E-state index in [0.29, 0.717) is 24.7 Å². The normalized spacial score (nSPS) is 17.4. The number of benzene rings is 1. The van der Waals surface area contributed by atoms with Gasteiger partial charge in [-0.3, -0.25) is 0 Å². The molecule has 0 atom stereocenters. The van der Waals surface area contributed by atoms with Crippen LogP contribution in [0.1, 0.15) is 24.2 Å². The molecular formula is C14H17ClN2O4. The summed E-state index contributed by atoms with van der Waals surface area (Å²) in [5.41, 5.74) is -0.232. The number of nitrogens with one attached hydrogen (secondary N) is 1. The topological polar surface area (TPSA) is 78.9 Å². The highest BCUT2D eigenvalue weighted by Crippen LogP contribution is 2.23. The molecule has 7 heteroatoms. The molecule has 1 aromatic carbocycles. The van der Waals surface area contributed by atoms with Gasteiger partial charge in [0, 0.05) is 11.6 Å². The predicted molar refractivity (Wildman–Crippen MR) is 79.0 cm³/mol. The lowest BCUT2D eigenvalue weighted by atomic mass is 10.1. The molecule has 114 valence electrons. The Morgan fingerprint density at radius 3 is 2.76 bits per heavy atom. The van der Waals surface area contributed by atoms with Crippen molar-refractivity contribution in [2.24, 2.45) is 0 Å². The number of carbonyl (C=O) groups is 2. The lowest BCUT2D eigenvalue weighted by molar-refractivity contribution is -0.0720. The third-order valence-electron chi connectivity index (χ3n) is 3.17. The molecule has 1 aliphatic heterocycles. The maximum atomic E-state index is 12.3. The van der Waals surface area contributed by atoms with Gasteiger partial charge in [-0.1, -0.05) is 11.6 Å². The lowest BCUT2D eigenvalue weighted by Crippen LogP contribution is -2.51. The molecule has 0 spiro atoms. The molecule has 1 heterocycles. The van der Waals surface area contributed by atoms with Crippen LogP contribution in [-0.2, 0) is 4.74 Å². The molecule has 1 aromatic rings. The fourth-order valence-electron chi connectivity index (χ4n) is 2.19. The van der Waals surface area contributed by atoms with E-state index in [4.69, 9.17) is 21.4 Å². The molecule has 0 saturated carbocycles.